The predicted octanol–water partition coefficient (Wildman–Crippen LogP) is -0.286. The molecule has 0 amide bonds. The van der Waals surface area contributed by atoms with Crippen molar-refractivity contribution in [3.63, 3.8) is 0 Å². The molecule has 0 aromatic heterocycles. The quantitative estimate of drug-likeness (QED) is 0.658. The summed E-state index contributed by atoms with van der Waals surface area (Å²) in [5.41, 5.74) is 3.42. The number of hydrogen-bond acceptors (Lipinski definition) is 6. The van der Waals surface area contributed by atoms with Gasteiger partial charge in [-0.3, -0.25) is 15.0 Å². The zero-order valence-electron chi connectivity index (χ0n) is 10.5. The zero-order valence-corrected chi connectivity index (χ0v) is 10.5. The minimum atomic E-state index is 0.282. The predicted molar refractivity (Wildman–Crippen MR) is 71.3 cm³/mol. The van der Waals surface area contributed by atoms with Crippen LogP contribution in [0.15, 0.2) is 29.5 Å². The third-order valence-electron chi connectivity index (χ3n) is 3.38. The molecule has 0 aromatic carbocycles. The van der Waals surface area contributed by atoms with Crippen LogP contribution in [0.5, 0.6) is 0 Å². The van der Waals surface area contributed by atoms with Crippen LogP contribution >= 0.6 is 0 Å². The topological polar surface area (TPSA) is 46.1 Å². The molecule has 6 nitrogen and oxygen atoms in total. The fraction of sp³-hybridized carbons (Fsp3) is 0.583. The number of hydrazine groups is 2. The summed E-state index contributed by atoms with van der Waals surface area (Å²) in [4.78, 5) is 4.37. The van der Waals surface area contributed by atoms with Gasteiger partial charge in [0.15, 0.2) is 0 Å². The lowest BCUT2D eigenvalue weighted by molar-refractivity contribution is -0.0533. The monoisotopic (exact) mass is 248 g/mol. The number of nitrogens with one attached hydrogen (secondary N) is 2. The van der Waals surface area contributed by atoms with Crippen LogP contribution in [0.25, 0.3) is 0 Å². The van der Waals surface area contributed by atoms with Crippen LogP contribution in [0, 0.1) is 0 Å². The SMILES string of the molecule is C1=CCN(C2CNC=CN2N2C=NCCC2)NC1. The first-order valence-corrected chi connectivity index (χ1v) is 6.55. The third kappa shape index (κ3) is 2.34. The Morgan fingerprint density at radius 1 is 1.28 bits per heavy atom. The summed E-state index contributed by atoms with van der Waals surface area (Å²) in [6.45, 7) is 4.72. The van der Waals surface area contributed by atoms with Gasteiger partial charge in [-0.05, 0) is 6.42 Å². The van der Waals surface area contributed by atoms with Gasteiger partial charge in [-0.2, -0.15) is 0 Å². The molecule has 1 atom stereocenters. The summed E-state index contributed by atoms with van der Waals surface area (Å²) >= 11 is 0. The van der Waals surface area contributed by atoms with Crippen LogP contribution in [0.3, 0.4) is 0 Å². The van der Waals surface area contributed by atoms with E-state index in [1.807, 2.05) is 12.5 Å². The highest BCUT2D eigenvalue weighted by Crippen LogP contribution is 2.14. The van der Waals surface area contributed by atoms with E-state index < -0.39 is 0 Å². The summed E-state index contributed by atoms with van der Waals surface area (Å²) in [5, 5.41) is 10.0. The molecule has 0 saturated heterocycles. The average Bonchev–Trinajstić information content (AvgIpc) is 2.49. The summed E-state index contributed by atoms with van der Waals surface area (Å²) in [5.74, 6) is 0. The van der Waals surface area contributed by atoms with E-state index in [4.69, 9.17) is 0 Å². The van der Waals surface area contributed by atoms with Crippen LogP contribution in [-0.2, 0) is 0 Å². The Morgan fingerprint density at radius 2 is 2.28 bits per heavy atom. The van der Waals surface area contributed by atoms with Gasteiger partial charge in [-0.15, -0.1) is 0 Å². The Kier molecular flexibility index (Phi) is 3.47. The maximum atomic E-state index is 4.37. The van der Waals surface area contributed by atoms with Crippen LogP contribution in [0.4, 0.5) is 0 Å². The van der Waals surface area contributed by atoms with Crippen molar-refractivity contribution >= 4 is 6.34 Å². The van der Waals surface area contributed by atoms with Crippen LogP contribution in [0.2, 0.25) is 0 Å². The third-order valence-corrected chi connectivity index (χ3v) is 3.38. The lowest BCUT2D eigenvalue weighted by atomic mass is 10.3. The standard InChI is InChI=1S/C12H20N6/c1-2-8-17(15-5-1)12-10-13-6-9-18(12)16-7-3-4-14-11-16/h1-2,6,9,11-13,15H,3-5,7-8,10H2. The van der Waals surface area contributed by atoms with E-state index in [1.165, 1.54) is 0 Å². The number of nitrogens with zero attached hydrogens (tertiary/aromatic N) is 4. The Morgan fingerprint density at radius 3 is 3.06 bits per heavy atom. The van der Waals surface area contributed by atoms with Gasteiger partial charge < -0.3 is 5.32 Å². The van der Waals surface area contributed by atoms with Gasteiger partial charge in [0.25, 0.3) is 0 Å². The van der Waals surface area contributed by atoms with Gasteiger partial charge in [0.2, 0.25) is 0 Å². The van der Waals surface area contributed by atoms with Crippen LogP contribution in [-0.4, -0.2) is 60.3 Å². The van der Waals surface area contributed by atoms with Crippen molar-refractivity contribution in [2.75, 3.05) is 32.7 Å². The van der Waals surface area contributed by atoms with Gasteiger partial charge in [-0.1, -0.05) is 12.2 Å². The fourth-order valence-corrected chi connectivity index (χ4v) is 2.45. The molecule has 18 heavy (non-hydrogen) atoms. The molecule has 0 spiro atoms. The largest absolute Gasteiger partial charge is 0.386 e. The first-order valence-electron chi connectivity index (χ1n) is 6.55. The van der Waals surface area contributed by atoms with E-state index in [2.05, 4.69) is 49.1 Å². The number of hydrogen-bond donors (Lipinski definition) is 2. The fourth-order valence-electron chi connectivity index (χ4n) is 2.45. The molecule has 0 aromatic rings. The molecule has 6 heteroatoms. The Hall–Kier alpha value is -1.53. The van der Waals surface area contributed by atoms with E-state index in [9.17, 15) is 0 Å². The second-order valence-corrected chi connectivity index (χ2v) is 4.61. The van der Waals surface area contributed by atoms with Gasteiger partial charge >= 0.3 is 0 Å². The molecule has 3 heterocycles. The first kappa shape index (κ1) is 11.6. The molecule has 0 bridgehead atoms. The van der Waals surface area contributed by atoms with Gasteiger partial charge in [0.05, 0.1) is 6.54 Å². The van der Waals surface area contributed by atoms with Crippen molar-refractivity contribution in [2.45, 2.75) is 12.6 Å². The van der Waals surface area contributed by atoms with E-state index in [0.717, 1.165) is 39.1 Å². The Bertz CT molecular complexity index is 364. The molecule has 3 aliphatic rings. The Balaban J connectivity index is 1.74. The van der Waals surface area contributed by atoms with E-state index >= 15 is 0 Å². The van der Waals surface area contributed by atoms with Crippen molar-refractivity contribution in [3.8, 4) is 0 Å². The highest BCUT2D eigenvalue weighted by molar-refractivity contribution is 5.55. The maximum absolute atomic E-state index is 4.37. The summed E-state index contributed by atoms with van der Waals surface area (Å²) in [7, 11) is 0. The van der Waals surface area contributed by atoms with Crippen LogP contribution < -0.4 is 10.7 Å². The molecule has 2 N–H and O–H groups in total. The molecule has 0 saturated carbocycles. The highest BCUT2D eigenvalue weighted by atomic mass is 15.7. The van der Waals surface area contributed by atoms with Crippen molar-refractivity contribution < 1.29 is 0 Å². The van der Waals surface area contributed by atoms with E-state index in [1.54, 1.807) is 0 Å². The molecule has 98 valence electrons. The van der Waals surface area contributed by atoms with Crippen molar-refractivity contribution in [2.24, 2.45) is 4.99 Å². The molecule has 0 aliphatic carbocycles. The average molecular weight is 248 g/mol. The smallest absolute Gasteiger partial charge is 0.132 e. The second kappa shape index (κ2) is 5.41. The lowest BCUT2D eigenvalue weighted by Gasteiger charge is -2.46. The lowest BCUT2D eigenvalue weighted by Crippen LogP contribution is -2.63. The van der Waals surface area contributed by atoms with E-state index in [-0.39, 0.29) is 6.17 Å². The second-order valence-electron chi connectivity index (χ2n) is 4.61. The Labute approximate surface area is 108 Å². The minimum Gasteiger partial charge on any atom is -0.386 e. The van der Waals surface area contributed by atoms with Gasteiger partial charge in [0, 0.05) is 38.6 Å². The minimum absolute atomic E-state index is 0.282. The molecule has 3 rings (SSSR count). The van der Waals surface area contributed by atoms with Gasteiger partial charge in [-0.25, -0.2) is 10.4 Å². The molecular formula is C12H20N6. The maximum Gasteiger partial charge on any atom is 0.132 e. The molecule has 1 unspecified atom stereocenters. The summed E-state index contributed by atoms with van der Waals surface area (Å²) < 4.78 is 0. The van der Waals surface area contributed by atoms with Crippen LogP contribution in [0.1, 0.15) is 6.42 Å². The molecule has 0 fully saturated rings. The molecule has 0 radical (unpaired) electrons. The van der Waals surface area contributed by atoms with Gasteiger partial charge in [0.1, 0.15) is 12.5 Å². The van der Waals surface area contributed by atoms with Crippen molar-refractivity contribution in [1.29, 1.82) is 0 Å². The van der Waals surface area contributed by atoms with Crippen molar-refractivity contribution in [3.05, 3.63) is 24.6 Å². The molecule has 3 aliphatic heterocycles. The number of rotatable bonds is 2. The molecular weight excluding hydrogens is 228 g/mol. The number of aliphatic imine (C=N–C) groups is 1. The highest BCUT2D eigenvalue weighted by Gasteiger charge is 2.28. The zero-order chi connectivity index (χ0) is 12.2. The van der Waals surface area contributed by atoms with Crippen molar-refractivity contribution in [1.82, 2.24) is 25.8 Å². The summed E-state index contributed by atoms with van der Waals surface area (Å²) in [6, 6.07) is 0. The first-order chi connectivity index (χ1) is 8.95. The summed E-state index contributed by atoms with van der Waals surface area (Å²) in [6.07, 6.45) is 11.8. The normalized spacial score (nSPS) is 28.6. The van der Waals surface area contributed by atoms with E-state index in [0.29, 0.717) is 0 Å².